The van der Waals surface area contributed by atoms with Crippen molar-refractivity contribution in [2.24, 2.45) is 0 Å². The van der Waals surface area contributed by atoms with E-state index in [9.17, 15) is 4.79 Å². The molecule has 0 N–H and O–H groups in total. The van der Waals surface area contributed by atoms with E-state index in [2.05, 4.69) is 24.3 Å². The second kappa shape index (κ2) is 7.84. The zero-order valence-electron chi connectivity index (χ0n) is 14.7. The Labute approximate surface area is 148 Å². The highest BCUT2D eigenvalue weighted by Gasteiger charge is 2.12. The third-order valence-corrected chi connectivity index (χ3v) is 4.40. The Morgan fingerprint density at radius 3 is 2.28 bits per heavy atom. The molecular formula is C22H23NO2. The third kappa shape index (κ3) is 3.82. The maximum absolute atomic E-state index is 12.3. The summed E-state index contributed by atoms with van der Waals surface area (Å²) >= 11 is 0. The molecule has 0 saturated carbocycles. The SMILES string of the molecule is CCN(CC)C(=O)COc1cc(-c2ccccc2)cc2ccccc12. The number of benzene rings is 3. The predicted molar refractivity (Wildman–Crippen MR) is 103 cm³/mol. The van der Waals surface area contributed by atoms with Crippen molar-refractivity contribution in [1.29, 1.82) is 0 Å². The summed E-state index contributed by atoms with van der Waals surface area (Å²) in [5.74, 6) is 0.761. The van der Waals surface area contributed by atoms with Gasteiger partial charge in [0.25, 0.3) is 5.91 Å². The van der Waals surface area contributed by atoms with Crippen LogP contribution in [0.5, 0.6) is 5.75 Å². The van der Waals surface area contributed by atoms with Gasteiger partial charge in [0.15, 0.2) is 6.61 Å². The lowest BCUT2D eigenvalue weighted by Crippen LogP contribution is -2.34. The molecule has 0 bridgehead atoms. The van der Waals surface area contributed by atoms with E-state index in [0.717, 1.165) is 27.6 Å². The Bertz CT molecular complexity index is 854. The lowest BCUT2D eigenvalue weighted by Gasteiger charge is -2.19. The van der Waals surface area contributed by atoms with E-state index in [1.807, 2.05) is 56.3 Å². The minimum Gasteiger partial charge on any atom is -0.483 e. The van der Waals surface area contributed by atoms with Gasteiger partial charge < -0.3 is 9.64 Å². The summed E-state index contributed by atoms with van der Waals surface area (Å²) in [6.07, 6.45) is 0. The smallest absolute Gasteiger partial charge is 0.260 e. The monoisotopic (exact) mass is 333 g/mol. The van der Waals surface area contributed by atoms with Crippen LogP contribution in [0.25, 0.3) is 21.9 Å². The van der Waals surface area contributed by atoms with Crippen molar-refractivity contribution >= 4 is 16.7 Å². The first-order chi connectivity index (χ1) is 12.2. The molecule has 3 nitrogen and oxygen atoms in total. The number of hydrogen-bond donors (Lipinski definition) is 0. The molecule has 128 valence electrons. The number of carbonyl (C=O) groups is 1. The minimum absolute atomic E-state index is 0.0131. The highest BCUT2D eigenvalue weighted by Crippen LogP contribution is 2.32. The molecule has 0 fully saturated rings. The fourth-order valence-electron chi connectivity index (χ4n) is 3.00. The highest BCUT2D eigenvalue weighted by atomic mass is 16.5. The number of fused-ring (bicyclic) bond motifs is 1. The molecule has 1 amide bonds. The van der Waals surface area contributed by atoms with Gasteiger partial charge in [-0.2, -0.15) is 0 Å². The van der Waals surface area contributed by atoms with E-state index in [1.165, 1.54) is 0 Å². The summed E-state index contributed by atoms with van der Waals surface area (Å²) in [5, 5.41) is 2.13. The van der Waals surface area contributed by atoms with E-state index in [1.54, 1.807) is 4.90 Å². The third-order valence-electron chi connectivity index (χ3n) is 4.40. The van der Waals surface area contributed by atoms with Gasteiger partial charge in [-0.15, -0.1) is 0 Å². The van der Waals surface area contributed by atoms with Gasteiger partial charge in [-0.25, -0.2) is 0 Å². The van der Waals surface area contributed by atoms with E-state index < -0.39 is 0 Å². The van der Waals surface area contributed by atoms with Crippen LogP contribution in [-0.4, -0.2) is 30.5 Å². The molecule has 0 aliphatic rings. The molecule has 3 aromatic carbocycles. The van der Waals surface area contributed by atoms with Crippen LogP contribution in [-0.2, 0) is 4.79 Å². The molecule has 0 atom stereocenters. The van der Waals surface area contributed by atoms with Crippen molar-refractivity contribution in [1.82, 2.24) is 4.90 Å². The number of nitrogens with zero attached hydrogens (tertiary/aromatic N) is 1. The van der Waals surface area contributed by atoms with E-state index in [4.69, 9.17) is 4.74 Å². The molecule has 0 saturated heterocycles. The normalized spacial score (nSPS) is 10.6. The summed E-state index contributed by atoms with van der Waals surface area (Å²) < 4.78 is 5.94. The fourth-order valence-corrected chi connectivity index (χ4v) is 3.00. The number of rotatable bonds is 6. The van der Waals surface area contributed by atoms with Crippen LogP contribution in [0.1, 0.15) is 13.8 Å². The first-order valence-corrected chi connectivity index (χ1v) is 8.71. The first-order valence-electron chi connectivity index (χ1n) is 8.71. The number of amides is 1. The molecule has 3 rings (SSSR count). The summed E-state index contributed by atoms with van der Waals surface area (Å²) in [4.78, 5) is 14.1. The Kier molecular flexibility index (Phi) is 5.34. The molecule has 0 heterocycles. The second-order valence-electron chi connectivity index (χ2n) is 5.92. The molecular weight excluding hydrogens is 310 g/mol. The Morgan fingerprint density at radius 2 is 1.56 bits per heavy atom. The molecule has 0 spiro atoms. The van der Waals surface area contributed by atoms with Crippen LogP contribution >= 0.6 is 0 Å². The zero-order chi connectivity index (χ0) is 17.6. The topological polar surface area (TPSA) is 29.5 Å². The lowest BCUT2D eigenvalue weighted by atomic mass is 10.0. The lowest BCUT2D eigenvalue weighted by molar-refractivity contribution is -0.132. The second-order valence-corrected chi connectivity index (χ2v) is 5.92. The van der Waals surface area contributed by atoms with Crippen LogP contribution in [0.2, 0.25) is 0 Å². The minimum atomic E-state index is 0.0131. The molecule has 0 aromatic heterocycles. The Hall–Kier alpha value is -2.81. The molecule has 0 unspecified atom stereocenters. The number of likely N-dealkylation sites (N-methyl/N-ethyl adjacent to an activating group) is 1. The highest BCUT2D eigenvalue weighted by molar-refractivity contribution is 5.93. The molecule has 0 radical (unpaired) electrons. The molecule has 0 aliphatic heterocycles. The van der Waals surface area contributed by atoms with Gasteiger partial charge in [0, 0.05) is 18.5 Å². The Morgan fingerprint density at radius 1 is 0.880 bits per heavy atom. The molecule has 0 aliphatic carbocycles. The maximum Gasteiger partial charge on any atom is 0.260 e. The predicted octanol–water partition coefficient (Wildman–Crippen LogP) is 4.75. The van der Waals surface area contributed by atoms with Crippen molar-refractivity contribution in [3.63, 3.8) is 0 Å². The molecule has 3 aromatic rings. The van der Waals surface area contributed by atoms with Gasteiger partial charge in [-0.3, -0.25) is 4.79 Å². The van der Waals surface area contributed by atoms with Crippen molar-refractivity contribution in [3.05, 3.63) is 66.7 Å². The number of carbonyl (C=O) groups excluding carboxylic acids is 1. The van der Waals surface area contributed by atoms with Gasteiger partial charge >= 0.3 is 0 Å². The first kappa shape index (κ1) is 17.0. The summed E-state index contributed by atoms with van der Waals surface area (Å²) in [6, 6.07) is 22.5. The van der Waals surface area contributed by atoms with Crippen molar-refractivity contribution in [3.8, 4) is 16.9 Å². The largest absolute Gasteiger partial charge is 0.483 e. The fraction of sp³-hybridized carbons (Fsp3) is 0.227. The van der Waals surface area contributed by atoms with Gasteiger partial charge in [0.1, 0.15) is 5.75 Å². The average molecular weight is 333 g/mol. The molecule has 3 heteroatoms. The van der Waals surface area contributed by atoms with Crippen LogP contribution in [0.4, 0.5) is 0 Å². The van der Waals surface area contributed by atoms with Crippen LogP contribution in [0, 0.1) is 0 Å². The van der Waals surface area contributed by atoms with E-state index in [-0.39, 0.29) is 12.5 Å². The summed E-state index contributed by atoms with van der Waals surface area (Å²) in [7, 11) is 0. The average Bonchev–Trinajstić information content (AvgIpc) is 2.67. The zero-order valence-corrected chi connectivity index (χ0v) is 14.7. The van der Waals surface area contributed by atoms with Gasteiger partial charge in [0.2, 0.25) is 0 Å². The van der Waals surface area contributed by atoms with Gasteiger partial charge in [-0.05, 0) is 42.5 Å². The maximum atomic E-state index is 12.3. The summed E-state index contributed by atoms with van der Waals surface area (Å²) in [5.41, 5.74) is 2.22. The number of ether oxygens (including phenoxy) is 1. The van der Waals surface area contributed by atoms with Crippen molar-refractivity contribution < 1.29 is 9.53 Å². The van der Waals surface area contributed by atoms with Crippen LogP contribution in [0.3, 0.4) is 0 Å². The number of hydrogen-bond acceptors (Lipinski definition) is 2. The van der Waals surface area contributed by atoms with Crippen LogP contribution in [0.15, 0.2) is 66.7 Å². The van der Waals surface area contributed by atoms with Crippen molar-refractivity contribution in [2.75, 3.05) is 19.7 Å². The standard InChI is InChI=1S/C22H23NO2/c1-3-23(4-2)22(24)16-25-21-15-19(17-10-6-5-7-11-17)14-18-12-8-9-13-20(18)21/h5-15H,3-4,16H2,1-2H3. The van der Waals surface area contributed by atoms with Crippen molar-refractivity contribution in [2.45, 2.75) is 13.8 Å². The van der Waals surface area contributed by atoms with E-state index >= 15 is 0 Å². The Balaban J connectivity index is 1.94. The molecule has 25 heavy (non-hydrogen) atoms. The van der Waals surface area contributed by atoms with Crippen LogP contribution < -0.4 is 4.74 Å². The van der Waals surface area contributed by atoms with Gasteiger partial charge in [0.05, 0.1) is 0 Å². The summed E-state index contributed by atoms with van der Waals surface area (Å²) in [6.45, 7) is 5.41. The van der Waals surface area contributed by atoms with E-state index in [0.29, 0.717) is 13.1 Å². The quantitative estimate of drug-likeness (QED) is 0.651. The van der Waals surface area contributed by atoms with Gasteiger partial charge in [-0.1, -0.05) is 54.6 Å².